The maximum atomic E-state index is 12.9. The Morgan fingerprint density at radius 1 is 1.00 bits per heavy atom. The van der Waals surface area contributed by atoms with Crippen LogP contribution in [0, 0.1) is 5.82 Å². The van der Waals surface area contributed by atoms with Gasteiger partial charge in [-0.3, -0.25) is 9.59 Å². The standard InChI is InChI=1S/C18H19FN2O5S/c1-12(21-27(24,25)16-10-8-14(19)9-11-16)18(23)26-13(2)17(22)20-15-6-4-3-5-7-15/h3-13,21H,1-2H3,(H,20,22)/t12-,13-/m0/s1. The van der Waals surface area contributed by atoms with Crippen molar-refractivity contribution < 1.29 is 27.1 Å². The van der Waals surface area contributed by atoms with E-state index >= 15 is 0 Å². The van der Waals surface area contributed by atoms with Crippen LogP contribution in [-0.2, 0) is 24.3 Å². The quantitative estimate of drug-likeness (QED) is 0.700. The molecule has 0 bridgehead atoms. The Hall–Kier alpha value is -2.78. The Balaban J connectivity index is 1.94. The van der Waals surface area contributed by atoms with Crippen LogP contribution in [0.25, 0.3) is 0 Å². The lowest BCUT2D eigenvalue weighted by molar-refractivity contribution is -0.154. The predicted molar refractivity (Wildman–Crippen MR) is 96.8 cm³/mol. The van der Waals surface area contributed by atoms with Crippen LogP contribution in [0.3, 0.4) is 0 Å². The maximum absolute atomic E-state index is 12.9. The molecule has 2 aromatic rings. The SMILES string of the molecule is C[C@H](NS(=O)(=O)c1ccc(F)cc1)C(=O)O[C@@H](C)C(=O)Nc1ccccc1. The third-order valence-corrected chi connectivity index (χ3v) is 5.07. The van der Waals surface area contributed by atoms with Gasteiger partial charge in [-0.1, -0.05) is 18.2 Å². The summed E-state index contributed by atoms with van der Waals surface area (Å²) in [5.74, 6) is -2.06. The van der Waals surface area contributed by atoms with E-state index < -0.39 is 39.9 Å². The fourth-order valence-electron chi connectivity index (χ4n) is 2.06. The minimum Gasteiger partial charge on any atom is -0.451 e. The van der Waals surface area contributed by atoms with E-state index in [1.807, 2.05) is 0 Å². The Morgan fingerprint density at radius 3 is 2.19 bits per heavy atom. The van der Waals surface area contributed by atoms with Gasteiger partial charge < -0.3 is 10.1 Å². The third kappa shape index (κ3) is 5.87. The molecule has 1 amide bonds. The number of benzene rings is 2. The van der Waals surface area contributed by atoms with Crippen LogP contribution in [0.1, 0.15) is 13.8 Å². The summed E-state index contributed by atoms with van der Waals surface area (Å²) >= 11 is 0. The molecule has 0 aliphatic heterocycles. The van der Waals surface area contributed by atoms with Gasteiger partial charge in [0.15, 0.2) is 6.10 Å². The summed E-state index contributed by atoms with van der Waals surface area (Å²) in [5, 5.41) is 2.58. The van der Waals surface area contributed by atoms with Gasteiger partial charge in [0.2, 0.25) is 10.0 Å². The fraction of sp³-hybridized carbons (Fsp3) is 0.222. The molecular formula is C18H19FN2O5S. The lowest BCUT2D eigenvalue weighted by atomic mass is 10.3. The third-order valence-electron chi connectivity index (χ3n) is 3.51. The van der Waals surface area contributed by atoms with E-state index in [1.165, 1.54) is 13.8 Å². The monoisotopic (exact) mass is 394 g/mol. The van der Waals surface area contributed by atoms with Crippen molar-refractivity contribution in [2.75, 3.05) is 5.32 Å². The number of halogens is 1. The van der Waals surface area contributed by atoms with Crippen molar-refractivity contribution in [2.45, 2.75) is 30.9 Å². The Kier molecular flexibility index (Phi) is 6.65. The first-order chi connectivity index (χ1) is 12.7. The average molecular weight is 394 g/mol. The van der Waals surface area contributed by atoms with Crippen molar-refractivity contribution in [3.05, 3.63) is 60.4 Å². The van der Waals surface area contributed by atoms with E-state index in [0.29, 0.717) is 5.69 Å². The number of carbonyl (C=O) groups excluding carboxylic acids is 2. The van der Waals surface area contributed by atoms with Crippen LogP contribution in [0.4, 0.5) is 10.1 Å². The molecule has 27 heavy (non-hydrogen) atoms. The number of rotatable bonds is 7. The molecule has 0 aliphatic carbocycles. The number of carbonyl (C=O) groups is 2. The van der Waals surface area contributed by atoms with Gasteiger partial charge in [0.1, 0.15) is 11.9 Å². The number of esters is 1. The summed E-state index contributed by atoms with van der Waals surface area (Å²) in [7, 11) is -4.04. The first kappa shape index (κ1) is 20.5. The van der Waals surface area contributed by atoms with Gasteiger partial charge in [0.05, 0.1) is 4.90 Å². The predicted octanol–water partition coefficient (Wildman–Crippen LogP) is 2.06. The van der Waals surface area contributed by atoms with Gasteiger partial charge in [-0.2, -0.15) is 4.72 Å². The summed E-state index contributed by atoms with van der Waals surface area (Å²) < 4.78 is 44.4. The van der Waals surface area contributed by atoms with E-state index in [2.05, 4.69) is 10.0 Å². The van der Waals surface area contributed by atoms with Crippen molar-refractivity contribution in [3.63, 3.8) is 0 Å². The van der Waals surface area contributed by atoms with Crippen molar-refractivity contribution in [2.24, 2.45) is 0 Å². The first-order valence-corrected chi connectivity index (χ1v) is 9.51. The second-order valence-electron chi connectivity index (χ2n) is 5.73. The van der Waals surface area contributed by atoms with Gasteiger partial charge in [0, 0.05) is 5.69 Å². The zero-order valence-electron chi connectivity index (χ0n) is 14.7. The average Bonchev–Trinajstić information content (AvgIpc) is 2.62. The molecule has 0 heterocycles. The van der Waals surface area contributed by atoms with Gasteiger partial charge in [-0.05, 0) is 50.2 Å². The maximum Gasteiger partial charge on any atom is 0.324 e. The number of hydrogen-bond acceptors (Lipinski definition) is 5. The molecular weight excluding hydrogens is 375 g/mol. The van der Waals surface area contributed by atoms with E-state index in [0.717, 1.165) is 24.3 Å². The van der Waals surface area contributed by atoms with Gasteiger partial charge in [-0.25, -0.2) is 12.8 Å². The summed E-state index contributed by atoms with van der Waals surface area (Å²) in [6.07, 6.45) is -1.13. The Morgan fingerprint density at radius 2 is 1.59 bits per heavy atom. The number of hydrogen-bond donors (Lipinski definition) is 2. The lowest BCUT2D eigenvalue weighted by Crippen LogP contribution is -2.42. The van der Waals surface area contributed by atoms with Gasteiger partial charge in [-0.15, -0.1) is 0 Å². The van der Waals surface area contributed by atoms with Crippen LogP contribution >= 0.6 is 0 Å². The molecule has 0 fully saturated rings. The molecule has 0 aliphatic rings. The molecule has 2 aromatic carbocycles. The number of sulfonamides is 1. The Bertz CT molecular complexity index is 901. The van der Waals surface area contributed by atoms with Crippen LogP contribution < -0.4 is 10.0 Å². The minimum atomic E-state index is -4.04. The molecule has 9 heteroatoms. The lowest BCUT2D eigenvalue weighted by Gasteiger charge is -2.17. The van der Waals surface area contributed by atoms with Crippen molar-refractivity contribution in [1.29, 1.82) is 0 Å². The number of anilines is 1. The molecule has 0 unspecified atom stereocenters. The number of ether oxygens (including phenoxy) is 1. The molecule has 0 saturated carbocycles. The van der Waals surface area contributed by atoms with E-state index in [4.69, 9.17) is 4.74 Å². The zero-order chi connectivity index (χ0) is 20.0. The number of nitrogens with one attached hydrogen (secondary N) is 2. The molecule has 0 radical (unpaired) electrons. The van der Waals surface area contributed by atoms with Crippen molar-refractivity contribution >= 4 is 27.6 Å². The molecule has 2 rings (SSSR count). The van der Waals surface area contributed by atoms with Crippen molar-refractivity contribution in [3.8, 4) is 0 Å². The fourth-order valence-corrected chi connectivity index (χ4v) is 3.25. The summed E-state index contributed by atoms with van der Waals surface area (Å²) in [5.41, 5.74) is 0.537. The molecule has 2 N–H and O–H groups in total. The highest BCUT2D eigenvalue weighted by Gasteiger charge is 2.26. The summed E-state index contributed by atoms with van der Waals surface area (Å²) in [6, 6.07) is 11.5. The number of para-hydroxylation sites is 1. The van der Waals surface area contributed by atoms with Crippen LogP contribution in [0.15, 0.2) is 59.5 Å². The van der Waals surface area contributed by atoms with E-state index in [9.17, 15) is 22.4 Å². The van der Waals surface area contributed by atoms with Gasteiger partial charge >= 0.3 is 5.97 Å². The summed E-state index contributed by atoms with van der Waals surface area (Å²) in [4.78, 5) is 23.9. The smallest absolute Gasteiger partial charge is 0.324 e. The van der Waals surface area contributed by atoms with Crippen LogP contribution in [0.2, 0.25) is 0 Å². The van der Waals surface area contributed by atoms with Gasteiger partial charge in [0.25, 0.3) is 5.91 Å². The first-order valence-electron chi connectivity index (χ1n) is 8.03. The summed E-state index contributed by atoms with van der Waals surface area (Å²) in [6.45, 7) is 2.66. The molecule has 2 atom stereocenters. The van der Waals surface area contributed by atoms with Crippen LogP contribution in [0.5, 0.6) is 0 Å². The molecule has 0 saturated heterocycles. The second-order valence-corrected chi connectivity index (χ2v) is 7.45. The highest BCUT2D eigenvalue weighted by molar-refractivity contribution is 7.89. The normalized spacial score (nSPS) is 13.4. The number of amides is 1. The highest BCUT2D eigenvalue weighted by atomic mass is 32.2. The zero-order valence-corrected chi connectivity index (χ0v) is 15.5. The van der Waals surface area contributed by atoms with E-state index in [-0.39, 0.29) is 4.90 Å². The molecule has 0 spiro atoms. The van der Waals surface area contributed by atoms with E-state index in [1.54, 1.807) is 30.3 Å². The highest BCUT2D eigenvalue weighted by Crippen LogP contribution is 2.11. The molecule has 7 nitrogen and oxygen atoms in total. The topological polar surface area (TPSA) is 102 Å². The Labute approximate surface area is 156 Å². The second kappa shape index (κ2) is 8.74. The van der Waals surface area contributed by atoms with Crippen LogP contribution in [-0.4, -0.2) is 32.4 Å². The minimum absolute atomic E-state index is 0.196. The van der Waals surface area contributed by atoms with Crippen molar-refractivity contribution in [1.82, 2.24) is 4.72 Å². The largest absolute Gasteiger partial charge is 0.451 e. The molecule has 0 aromatic heterocycles. The molecule has 144 valence electrons.